The minimum atomic E-state index is -0.0679. The number of nitrogens with zero attached hydrogens (tertiary/aromatic N) is 2. The third-order valence-electron chi connectivity index (χ3n) is 3.44. The van der Waals surface area contributed by atoms with E-state index in [1.807, 2.05) is 12.3 Å². The summed E-state index contributed by atoms with van der Waals surface area (Å²) in [7, 11) is 0. The predicted octanol–water partition coefficient (Wildman–Crippen LogP) is 4.05. The second-order valence-electron chi connectivity index (χ2n) is 4.76. The minimum absolute atomic E-state index is 0.0679. The van der Waals surface area contributed by atoms with E-state index in [-0.39, 0.29) is 17.2 Å². The lowest BCUT2D eigenvalue weighted by atomic mass is 10.2. The van der Waals surface area contributed by atoms with Crippen molar-refractivity contribution in [3.8, 4) is 0 Å². The number of hydrogen-bond acceptors (Lipinski definition) is 5. The highest BCUT2D eigenvalue weighted by Crippen LogP contribution is 2.36. The first-order chi connectivity index (χ1) is 9.75. The summed E-state index contributed by atoms with van der Waals surface area (Å²) in [5.41, 5.74) is 0. The van der Waals surface area contributed by atoms with Crippen molar-refractivity contribution in [3.05, 3.63) is 34.0 Å². The van der Waals surface area contributed by atoms with Gasteiger partial charge in [-0.3, -0.25) is 4.79 Å². The number of carbonyl (C=O) groups is 1. The molecule has 0 unspecified atom stereocenters. The molecule has 3 nitrogen and oxygen atoms in total. The fourth-order valence-electron chi connectivity index (χ4n) is 2.51. The van der Waals surface area contributed by atoms with Gasteiger partial charge in [0.25, 0.3) is 0 Å². The Morgan fingerprint density at radius 2 is 2.40 bits per heavy atom. The summed E-state index contributed by atoms with van der Waals surface area (Å²) in [6, 6.07) is 4.48. The van der Waals surface area contributed by atoms with Gasteiger partial charge >= 0.3 is 0 Å². The fraction of sp³-hybridized carbons (Fsp3) is 0.429. The molecule has 6 heteroatoms. The molecule has 0 saturated carbocycles. The molecule has 1 fully saturated rings. The van der Waals surface area contributed by atoms with E-state index in [2.05, 4.69) is 27.4 Å². The molecule has 2 aromatic heterocycles. The standard InChI is InChI=1S/C14H16N2OS3/c1-10(20-14-15-6-9-19-14)13(17)16-7-2-4-11(16)12-5-3-8-18-12/h3,5-6,8-11H,2,4,7H2,1H3/t10-,11-/m1/s1. The molecular formula is C14H16N2OS3. The van der Waals surface area contributed by atoms with Crippen LogP contribution >= 0.6 is 34.4 Å². The summed E-state index contributed by atoms with van der Waals surface area (Å²) in [5.74, 6) is 0.237. The molecule has 3 rings (SSSR count). The van der Waals surface area contributed by atoms with Crippen molar-refractivity contribution in [1.82, 2.24) is 9.88 Å². The number of thiophene rings is 1. The first-order valence-electron chi connectivity index (χ1n) is 6.66. The SMILES string of the molecule is C[C@@H](Sc1nccs1)C(=O)N1CCC[C@@H]1c1cccs1. The monoisotopic (exact) mass is 324 g/mol. The van der Waals surface area contributed by atoms with Crippen molar-refractivity contribution in [3.63, 3.8) is 0 Å². The van der Waals surface area contributed by atoms with Crippen LogP contribution in [-0.4, -0.2) is 27.6 Å². The maximum absolute atomic E-state index is 12.7. The van der Waals surface area contributed by atoms with Gasteiger partial charge in [0.1, 0.15) is 0 Å². The Hall–Kier alpha value is -0.850. The van der Waals surface area contributed by atoms with E-state index in [9.17, 15) is 4.79 Å². The molecule has 0 radical (unpaired) electrons. The van der Waals surface area contributed by atoms with Gasteiger partial charge in [0.2, 0.25) is 5.91 Å². The van der Waals surface area contributed by atoms with E-state index in [1.54, 1.807) is 40.6 Å². The molecule has 1 aliphatic heterocycles. The van der Waals surface area contributed by atoms with Gasteiger partial charge in [-0.05, 0) is 31.2 Å². The van der Waals surface area contributed by atoms with Crippen LogP contribution in [0.15, 0.2) is 33.4 Å². The highest BCUT2D eigenvalue weighted by Gasteiger charge is 2.33. The van der Waals surface area contributed by atoms with Crippen LogP contribution < -0.4 is 0 Å². The third-order valence-corrected chi connectivity index (χ3v) is 6.42. The topological polar surface area (TPSA) is 33.2 Å². The maximum atomic E-state index is 12.7. The van der Waals surface area contributed by atoms with Crippen molar-refractivity contribution < 1.29 is 4.79 Å². The molecule has 106 valence electrons. The predicted molar refractivity (Wildman–Crippen MR) is 85.4 cm³/mol. The Morgan fingerprint density at radius 3 is 3.10 bits per heavy atom. The van der Waals surface area contributed by atoms with Gasteiger partial charge in [0.05, 0.1) is 11.3 Å². The van der Waals surface area contributed by atoms with Crippen LogP contribution in [0.3, 0.4) is 0 Å². The van der Waals surface area contributed by atoms with E-state index in [4.69, 9.17) is 0 Å². The average molecular weight is 324 g/mol. The number of hydrogen-bond donors (Lipinski definition) is 0. The number of thiazole rings is 1. The lowest BCUT2D eigenvalue weighted by Crippen LogP contribution is -2.35. The average Bonchev–Trinajstić information content (AvgIpc) is 3.18. The molecule has 2 aromatic rings. The number of aromatic nitrogens is 1. The molecular weight excluding hydrogens is 308 g/mol. The van der Waals surface area contributed by atoms with Crippen molar-refractivity contribution in [2.45, 2.75) is 35.4 Å². The largest absolute Gasteiger partial charge is 0.334 e. The Labute approximate surface area is 131 Å². The summed E-state index contributed by atoms with van der Waals surface area (Å²) in [5, 5.41) is 3.97. The van der Waals surface area contributed by atoms with E-state index in [1.165, 1.54) is 4.88 Å². The van der Waals surface area contributed by atoms with Crippen LogP contribution in [0.5, 0.6) is 0 Å². The lowest BCUT2D eigenvalue weighted by Gasteiger charge is -2.26. The van der Waals surface area contributed by atoms with E-state index in [0.29, 0.717) is 0 Å². The number of rotatable bonds is 4. The quantitative estimate of drug-likeness (QED) is 0.796. The lowest BCUT2D eigenvalue weighted by molar-refractivity contribution is -0.131. The van der Waals surface area contributed by atoms with Gasteiger partial charge in [0.15, 0.2) is 4.34 Å². The number of amides is 1. The van der Waals surface area contributed by atoms with Gasteiger partial charge in [-0.1, -0.05) is 17.8 Å². The highest BCUT2D eigenvalue weighted by molar-refractivity contribution is 8.02. The van der Waals surface area contributed by atoms with Crippen LogP contribution in [0, 0.1) is 0 Å². The maximum Gasteiger partial charge on any atom is 0.236 e. The second-order valence-corrected chi connectivity index (χ2v) is 8.22. The van der Waals surface area contributed by atoms with Crippen LogP contribution in [0.4, 0.5) is 0 Å². The summed E-state index contributed by atoms with van der Waals surface area (Å²) >= 11 is 4.90. The van der Waals surface area contributed by atoms with Crippen LogP contribution in [0.25, 0.3) is 0 Å². The summed E-state index contributed by atoms with van der Waals surface area (Å²) < 4.78 is 0.970. The number of thioether (sulfide) groups is 1. The number of carbonyl (C=O) groups excluding carboxylic acids is 1. The summed E-state index contributed by atoms with van der Waals surface area (Å²) in [6.45, 7) is 2.86. The minimum Gasteiger partial charge on any atom is -0.334 e. The molecule has 1 saturated heterocycles. The molecule has 0 spiro atoms. The summed E-state index contributed by atoms with van der Waals surface area (Å²) in [4.78, 5) is 20.3. The van der Waals surface area contributed by atoms with Gasteiger partial charge in [-0.15, -0.1) is 22.7 Å². The van der Waals surface area contributed by atoms with Crippen molar-refractivity contribution in [2.24, 2.45) is 0 Å². The van der Waals surface area contributed by atoms with Gasteiger partial charge in [0, 0.05) is 23.0 Å². The van der Waals surface area contributed by atoms with Crippen LogP contribution in [0.1, 0.15) is 30.7 Å². The Morgan fingerprint density at radius 1 is 1.50 bits per heavy atom. The first-order valence-corrected chi connectivity index (χ1v) is 9.29. The molecule has 2 atom stereocenters. The zero-order valence-corrected chi connectivity index (χ0v) is 13.6. The smallest absolute Gasteiger partial charge is 0.236 e. The Balaban J connectivity index is 1.69. The Kier molecular flexibility index (Phi) is 4.43. The third kappa shape index (κ3) is 2.92. The molecule has 0 aromatic carbocycles. The second kappa shape index (κ2) is 6.28. The fourth-order valence-corrected chi connectivity index (χ4v) is 5.23. The molecule has 0 N–H and O–H groups in total. The highest BCUT2D eigenvalue weighted by atomic mass is 32.2. The Bertz CT molecular complexity index is 553. The van der Waals surface area contributed by atoms with Crippen LogP contribution in [0.2, 0.25) is 0 Å². The van der Waals surface area contributed by atoms with Gasteiger partial charge in [-0.25, -0.2) is 4.98 Å². The van der Waals surface area contributed by atoms with Gasteiger partial charge in [-0.2, -0.15) is 0 Å². The zero-order valence-electron chi connectivity index (χ0n) is 11.2. The molecule has 1 aliphatic rings. The number of likely N-dealkylation sites (tertiary alicyclic amines) is 1. The zero-order chi connectivity index (χ0) is 13.9. The van der Waals surface area contributed by atoms with E-state index < -0.39 is 0 Å². The molecule has 1 amide bonds. The molecule has 0 aliphatic carbocycles. The van der Waals surface area contributed by atoms with Crippen molar-refractivity contribution in [1.29, 1.82) is 0 Å². The van der Waals surface area contributed by atoms with Gasteiger partial charge < -0.3 is 4.90 Å². The normalized spacial score (nSPS) is 20.2. The summed E-state index contributed by atoms with van der Waals surface area (Å²) in [6.07, 6.45) is 3.97. The van der Waals surface area contributed by atoms with E-state index in [0.717, 1.165) is 23.7 Å². The van der Waals surface area contributed by atoms with Crippen molar-refractivity contribution >= 4 is 40.3 Å². The molecule has 20 heavy (non-hydrogen) atoms. The van der Waals surface area contributed by atoms with Crippen molar-refractivity contribution in [2.75, 3.05) is 6.54 Å². The first kappa shape index (κ1) is 14.1. The molecule has 3 heterocycles. The van der Waals surface area contributed by atoms with E-state index >= 15 is 0 Å². The molecule has 0 bridgehead atoms. The van der Waals surface area contributed by atoms with Crippen LogP contribution in [-0.2, 0) is 4.79 Å².